The van der Waals surface area contributed by atoms with Crippen molar-refractivity contribution in [3.8, 4) is 11.6 Å². The van der Waals surface area contributed by atoms with E-state index in [2.05, 4.69) is 30.1 Å². The van der Waals surface area contributed by atoms with Crippen LogP contribution in [0.3, 0.4) is 0 Å². The van der Waals surface area contributed by atoms with E-state index in [9.17, 15) is 22.0 Å². The summed E-state index contributed by atoms with van der Waals surface area (Å²) in [6, 6.07) is 9.27. The van der Waals surface area contributed by atoms with Gasteiger partial charge in [0.15, 0.2) is 12.6 Å². The van der Waals surface area contributed by atoms with Crippen molar-refractivity contribution in [3.05, 3.63) is 53.7 Å². The standard InChI is InChI=1S/C19H21F5N4O2/c1-2-25-18(28-11-14-5-3-4-6-15(14)30-17(20)21)27-10-13-7-8-16(26-9-13)29-12-19(22,23)24/h3-9,17H,2,10-12H2,1H3,(H2,25,27,28). The van der Waals surface area contributed by atoms with Gasteiger partial charge in [-0.1, -0.05) is 24.3 Å². The van der Waals surface area contributed by atoms with Gasteiger partial charge in [-0.05, 0) is 18.6 Å². The van der Waals surface area contributed by atoms with Crippen molar-refractivity contribution >= 4 is 5.96 Å². The van der Waals surface area contributed by atoms with Crippen LogP contribution in [0.1, 0.15) is 18.1 Å². The predicted octanol–water partition coefficient (Wildman–Crippen LogP) is 3.88. The molecule has 1 aromatic carbocycles. The quantitative estimate of drug-likeness (QED) is 0.358. The lowest BCUT2D eigenvalue weighted by Gasteiger charge is -2.14. The number of ether oxygens (including phenoxy) is 2. The minimum Gasteiger partial charge on any atom is -0.468 e. The lowest BCUT2D eigenvalue weighted by Crippen LogP contribution is -2.36. The summed E-state index contributed by atoms with van der Waals surface area (Å²) in [4.78, 5) is 8.17. The summed E-state index contributed by atoms with van der Waals surface area (Å²) in [6.45, 7) is -1.54. The summed E-state index contributed by atoms with van der Waals surface area (Å²) in [5.41, 5.74) is 1.17. The number of halogens is 5. The van der Waals surface area contributed by atoms with Gasteiger partial charge < -0.3 is 20.1 Å². The Hall–Kier alpha value is -3.11. The molecule has 0 saturated carbocycles. The molecule has 0 amide bonds. The third-order valence-corrected chi connectivity index (χ3v) is 3.58. The molecule has 2 N–H and O–H groups in total. The number of aliphatic imine (C=N–C) groups is 1. The first kappa shape index (κ1) is 23.2. The maximum absolute atomic E-state index is 12.5. The highest BCUT2D eigenvalue weighted by molar-refractivity contribution is 5.79. The molecule has 1 heterocycles. The first-order valence-corrected chi connectivity index (χ1v) is 8.96. The van der Waals surface area contributed by atoms with Crippen molar-refractivity contribution in [2.45, 2.75) is 32.8 Å². The molecular weight excluding hydrogens is 411 g/mol. The molecule has 0 bridgehead atoms. The highest BCUT2D eigenvalue weighted by atomic mass is 19.4. The SMILES string of the molecule is CCNC(=NCc1ccc(OCC(F)(F)F)nc1)NCc1ccccc1OC(F)F. The van der Waals surface area contributed by atoms with E-state index in [1.807, 2.05) is 6.92 Å². The minimum absolute atomic E-state index is 0.0643. The highest BCUT2D eigenvalue weighted by Crippen LogP contribution is 2.20. The van der Waals surface area contributed by atoms with Crippen molar-refractivity contribution in [3.63, 3.8) is 0 Å². The van der Waals surface area contributed by atoms with Gasteiger partial charge in [-0.25, -0.2) is 9.98 Å². The number of hydrogen-bond acceptors (Lipinski definition) is 4. The van der Waals surface area contributed by atoms with Crippen LogP contribution in [0.2, 0.25) is 0 Å². The molecule has 0 aliphatic rings. The van der Waals surface area contributed by atoms with Crippen LogP contribution < -0.4 is 20.1 Å². The minimum atomic E-state index is -4.43. The zero-order valence-corrected chi connectivity index (χ0v) is 16.0. The van der Waals surface area contributed by atoms with Crippen molar-refractivity contribution in [1.82, 2.24) is 15.6 Å². The van der Waals surface area contributed by atoms with Gasteiger partial charge in [0, 0.05) is 30.9 Å². The van der Waals surface area contributed by atoms with E-state index in [0.717, 1.165) is 0 Å². The van der Waals surface area contributed by atoms with E-state index in [0.29, 0.717) is 23.6 Å². The van der Waals surface area contributed by atoms with Crippen LogP contribution in [0.4, 0.5) is 22.0 Å². The van der Waals surface area contributed by atoms with E-state index in [4.69, 9.17) is 0 Å². The van der Waals surface area contributed by atoms with Crippen LogP contribution in [0, 0.1) is 0 Å². The Bertz CT molecular complexity index is 813. The molecule has 0 saturated heterocycles. The van der Waals surface area contributed by atoms with Crippen LogP contribution in [0.25, 0.3) is 0 Å². The second kappa shape index (κ2) is 11.2. The molecule has 0 atom stereocenters. The number of nitrogens with zero attached hydrogens (tertiary/aromatic N) is 2. The first-order valence-electron chi connectivity index (χ1n) is 8.96. The van der Waals surface area contributed by atoms with Crippen molar-refractivity contribution < 1.29 is 31.4 Å². The topological polar surface area (TPSA) is 67.8 Å². The summed E-state index contributed by atoms with van der Waals surface area (Å²) >= 11 is 0. The van der Waals surface area contributed by atoms with E-state index < -0.39 is 19.4 Å². The Balaban J connectivity index is 1.96. The van der Waals surface area contributed by atoms with Gasteiger partial charge >= 0.3 is 12.8 Å². The third-order valence-electron chi connectivity index (χ3n) is 3.58. The average Bonchev–Trinajstić information content (AvgIpc) is 2.69. The summed E-state index contributed by atoms with van der Waals surface area (Å²) < 4.78 is 70.5. The van der Waals surface area contributed by atoms with E-state index in [1.54, 1.807) is 24.3 Å². The van der Waals surface area contributed by atoms with E-state index in [1.165, 1.54) is 18.3 Å². The van der Waals surface area contributed by atoms with E-state index >= 15 is 0 Å². The zero-order chi connectivity index (χ0) is 22.0. The van der Waals surface area contributed by atoms with Crippen LogP contribution >= 0.6 is 0 Å². The molecule has 0 aliphatic carbocycles. The number of guanidine groups is 1. The fourth-order valence-electron chi connectivity index (χ4n) is 2.30. The van der Waals surface area contributed by atoms with Gasteiger partial charge in [-0.3, -0.25) is 0 Å². The lowest BCUT2D eigenvalue weighted by atomic mass is 10.2. The van der Waals surface area contributed by atoms with Crippen LogP contribution in [-0.4, -0.2) is 36.9 Å². The number of benzene rings is 1. The molecule has 30 heavy (non-hydrogen) atoms. The Labute approximate surface area is 170 Å². The van der Waals surface area contributed by atoms with Gasteiger partial charge in [0.25, 0.3) is 0 Å². The Morgan fingerprint density at radius 1 is 1.13 bits per heavy atom. The molecule has 11 heteroatoms. The smallest absolute Gasteiger partial charge is 0.422 e. The van der Waals surface area contributed by atoms with Gasteiger partial charge in [-0.15, -0.1) is 0 Å². The first-order chi connectivity index (χ1) is 14.3. The Morgan fingerprint density at radius 3 is 2.53 bits per heavy atom. The number of alkyl halides is 5. The molecule has 6 nitrogen and oxygen atoms in total. The summed E-state index contributed by atoms with van der Waals surface area (Å²) in [5.74, 6) is 0.344. The number of aromatic nitrogens is 1. The molecule has 1 aromatic heterocycles. The monoisotopic (exact) mass is 432 g/mol. The van der Waals surface area contributed by atoms with Gasteiger partial charge in [-0.2, -0.15) is 22.0 Å². The maximum atomic E-state index is 12.5. The summed E-state index contributed by atoms with van der Waals surface area (Å²) in [5, 5.41) is 6.02. The van der Waals surface area contributed by atoms with Gasteiger partial charge in [0.1, 0.15) is 5.75 Å². The van der Waals surface area contributed by atoms with Gasteiger partial charge in [0.05, 0.1) is 6.54 Å². The second-order valence-corrected chi connectivity index (χ2v) is 5.94. The molecule has 0 spiro atoms. The zero-order valence-electron chi connectivity index (χ0n) is 16.0. The fourth-order valence-corrected chi connectivity index (χ4v) is 2.30. The molecule has 0 aliphatic heterocycles. The van der Waals surface area contributed by atoms with Crippen molar-refractivity contribution in [1.29, 1.82) is 0 Å². The number of para-hydroxylation sites is 1. The molecular formula is C19H21F5N4O2. The highest BCUT2D eigenvalue weighted by Gasteiger charge is 2.28. The molecule has 0 fully saturated rings. The van der Waals surface area contributed by atoms with E-state index in [-0.39, 0.29) is 24.7 Å². The van der Waals surface area contributed by atoms with Crippen molar-refractivity contribution in [2.75, 3.05) is 13.2 Å². The lowest BCUT2D eigenvalue weighted by molar-refractivity contribution is -0.154. The third kappa shape index (κ3) is 8.50. The maximum Gasteiger partial charge on any atom is 0.422 e. The molecule has 2 aromatic rings. The van der Waals surface area contributed by atoms with Crippen LogP contribution in [0.15, 0.2) is 47.6 Å². The largest absolute Gasteiger partial charge is 0.468 e. The van der Waals surface area contributed by atoms with Crippen LogP contribution in [0.5, 0.6) is 11.6 Å². The number of nitrogens with one attached hydrogen (secondary N) is 2. The second-order valence-electron chi connectivity index (χ2n) is 5.94. The number of hydrogen-bond donors (Lipinski definition) is 2. The number of pyridine rings is 1. The molecule has 164 valence electrons. The van der Waals surface area contributed by atoms with Gasteiger partial charge in [0.2, 0.25) is 5.88 Å². The number of rotatable bonds is 9. The van der Waals surface area contributed by atoms with Crippen molar-refractivity contribution in [2.24, 2.45) is 4.99 Å². The molecule has 2 rings (SSSR count). The average molecular weight is 432 g/mol. The molecule has 0 radical (unpaired) electrons. The summed E-state index contributed by atoms with van der Waals surface area (Å²) in [7, 11) is 0. The fraction of sp³-hybridized carbons (Fsp3) is 0.368. The normalized spacial score (nSPS) is 12.0. The van der Waals surface area contributed by atoms with Crippen LogP contribution in [-0.2, 0) is 13.1 Å². The summed E-state index contributed by atoms with van der Waals surface area (Å²) in [6.07, 6.45) is -3.07. The Morgan fingerprint density at radius 2 is 1.90 bits per heavy atom. The molecule has 0 unspecified atom stereocenters. The Kier molecular flexibility index (Phi) is 8.63. The predicted molar refractivity (Wildman–Crippen MR) is 101 cm³/mol.